The van der Waals surface area contributed by atoms with Crippen LogP contribution in [0.2, 0.25) is 0 Å². The molecular weight excluding hydrogens is 725 g/mol. The summed E-state index contributed by atoms with van der Waals surface area (Å²) >= 11 is 0. The maximum atomic E-state index is 11.6. The molecule has 4 heterocycles. The maximum Gasteiger partial charge on any atom is 0.157 e. The predicted octanol–water partition coefficient (Wildman–Crippen LogP) is 13.8. The van der Waals surface area contributed by atoms with Gasteiger partial charge in [0, 0.05) is 45.3 Å². The molecule has 4 aromatic heterocycles. The van der Waals surface area contributed by atoms with E-state index in [2.05, 4.69) is 143 Å². The van der Waals surface area contributed by atoms with E-state index in [0.717, 1.165) is 77.8 Å². The molecule has 6 aromatic carbocycles. The van der Waals surface area contributed by atoms with Crippen molar-refractivity contribution in [3.63, 3.8) is 0 Å². The number of para-hydroxylation sites is 2. The van der Waals surface area contributed by atoms with Gasteiger partial charge >= 0.3 is 0 Å². The van der Waals surface area contributed by atoms with Crippen molar-refractivity contribution < 1.29 is 9.52 Å². The summed E-state index contributed by atoms with van der Waals surface area (Å²) in [5.41, 5.74) is 14.3. The number of nitrogens with zero attached hydrogens (tertiary/aromatic N) is 4. The van der Waals surface area contributed by atoms with Crippen LogP contribution in [0, 0.1) is 0 Å². The number of fused-ring (bicyclic) bond motifs is 5. The summed E-state index contributed by atoms with van der Waals surface area (Å²) in [6.07, 6.45) is 1.87. The van der Waals surface area contributed by atoms with Crippen molar-refractivity contribution in [3.8, 4) is 56.3 Å². The second kappa shape index (κ2) is 13.5. The molecule has 288 valence electrons. The summed E-state index contributed by atoms with van der Waals surface area (Å²) in [5, 5.41) is 13.6. The largest absolute Gasteiger partial charge is 0.506 e. The molecule has 10 rings (SSSR count). The van der Waals surface area contributed by atoms with Gasteiger partial charge in [0.1, 0.15) is 28.4 Å². The smallest absolute Gasteiger partial charge is 0.157 e. The number of aromatic nitrogens is 4. The Bertz CT molecular complexity index is 3250. The lowest BCUT2D eigenvalue weighted by Crippen LogP contribution is -2.12. The molecule has 59 heavy (non-hydrogen) atoms. The minimum absolute atomic E-state index is 0.0276. The van der Waals surface area contributed by atoms with Crippen molar-refractivity contribution in [2.45, 2.75) is 52.4 Å². The summed E-state index contributed by atoms with van der Waals surface area (Å²) in [6, 6.07) is 50.3. The molecule has 0 amide bonds. The van der Waals surface area contributed by atoms with Gasteiger partial charge in [-0.15, -0.1) is 0 Å². The summed E-state index contributed by atoms with van der Waals surface area (Å²) in [4.78, 5) is 15.5. The minimum atomic E-state index is -0.0686. The molecule has 0 atom stereocenters. The Balaban J connectivity index is 1.27. The first kappa shape index (κ1) is 36.3. The maximum absolute atomic E-state index is 11.6. The highest BCUT2D eigenvalue weighted by molar-refractivity contribution is 6.05. The third-order valence-electron chi connectivity index (χ3n) is 11.5. The van der Waals surface area contributed by atoms with Crippen LogP contribution in [0.4, 0.5) is 0 Å². The Labute approximate surface area is 343 Å². The number of benzene rings is 6. The van der Waals surface area contributed by atoms with E-state index in [4.69, 9.17) is 19.4 Å². The van der Waals surface area contributed by atoms with Gasteiger partial charge in [-0.25, -0.2) is 9.97 Å². The monoisotopic (exact) mass is 768 g/mol. The molecule has 0 radical (unpaired) electrons. The van der Waals surface area contributed by atoms with Crippen molar-refractivity contribution in [1.29, 1.82) is 0 Å². The number of furan rings is 1. The molecule has 0 aliphatic carbocycles. The summed E-state index contributed by atoms with van der Waals surface area (Å²) in [5.74, 6) is 0.799. The van der Waals surface area contributed by atoms with Crippen molar-refractivity contribution in [2.75, 3.05) is 0 Å². The normalized spacial score (nSPS) is 12.3. The first-order valence-electron chi connectivity index (χ1n) is 20.2. The lowest BCUT2D eigenvalue weighted by Gasteiger charge is -2.23. The van der Waals surface area contributed by atoms with Crippen LogP contribution in [-0.2, 0) is 10.8 Å². The molecule has 0 aliphatic heterocycles. The molecule has 10 aromatic rings. The van der Waals surface area contributed by atoms with E-state index in [0.29, 0.717) is 16.8 Å². The molecule has 0 saturated heterocycles. The highest BCUT2D eigenvalue weighted by Gasteiger charge is 2.25. The summed E-state index contributed by atoms with van der Waals surface area (Å²) in [7, 11) is 0. The van der Waals surface area contributed by atoms with Crippen LogP contribution in [0.1, 0.15) is 52.7 Å². The lowest BCUT2D eigenvalue weighted by molar-refractivity contribution is 0.475. The average molecular weight is 769 g/mol. The number of hydrogen-bond acceptors (Lipinski definition) is 5. The van der Waals surface area contributed by atoms with Crippen molar-refractivity contribution in [3.05, 3.63) is 163 Å². The molecule has 0 saturated carbocycles. The van der Waals surface area contributed by atoms with E-state index in [-0.39, 0.29) is 16.6 Å². The Morgan fingerprint density at radius 1 is 0.525 bits per heavy atom. The molecule has 0 unspecified atom stereocenters. The van der Waals surface area contributed by atoms with E-state index < -0.39 is 0 Å². The summed E-state index contributed by atoms with van der Waals surface area (Å²) < 4.78 is 8.37. The van der Waals surface area contributed by atoms with E-state index in [1.165, 1.54) is 11.1 Å². The second-order valence-electron chi connectivity index (χ2n) is 17.5. The molecule has 0 fully saturated rings. The molecular formula is C53H44N4O2. The number of pyridine rings is 2. The van der Waals surface area contributed by atoms with Crippen LogP contribution in [0.25, 0.3) is 94.6 Å². The van der Waals surface area contributed by atoms with Gasteiger partial charge in [-0.2, -0.15) is 0 Å². The zero-order valence-corrected chi connectivity index (χ0v) is 34.1. The fraction of sp³-hybridized carbons (Fsp3) is 0.151. The van der Waals surface area contributed by atoms with Gasteiger partial charge < -0.3 is 9.52 Å². The van der Waals surface area contributed by atoms with Crippen LogP contribution in [0.15, 0.2) is 156 Å². The molecule has 0 spiro atoms. The van der Waals surface area contributed by atoms with Gasteiger partial charge in [-0.3, -0.25) is 9.55 Å². The number of rotatable bonds is 5. The molecule has 0 bridgehead atoms. The Morgan fingerprint density at radius 3 is 2.07 bits per heavy atom. The molecule has 0 aliphatic rings. The highest BCUT2D eigenvalue weighted by atomic mass is 16.3. The summed E-state index contributed by atoms with van der Waals surface area (Å²) in [6.45, 7) is 13.5. The third-order valence-corrected chi connectivity index (χ3v) is 11.5. The van der Waals surface area contributed by atoms with Crippen LogP contribution in [0.5, 0.6) is 5.75 Å². The SMILES string of the molecule is CC(C)(C)c1ccc(-n2c(-c3cccc(-c4cc(C(C)(C)C)cc5cccnc45)c3)nc3c(-c4nc5c(cc4O)oc4ccccc45)cccc32)c(-c2ccccc2)c1. The van der Waals surface area contributed by atoms with E-state index >= 15 is 0 Å². The van der Waals surface area contributed by atoms with Gasteiger partial charge in [0.15, 0.2) is 5.58 Å². The van der Waals surface area contributed by atoms with Crippen molar-refractivity contribution >= 4 is 44.0 Å². The standard InChI is InChI=1S/C53H44N4O2/c1-52(2,3)36-24-25-42(40(29-36)32-15-8-7-9-16-32)57-43-22-13-21-39(49-44(58)31-46-50(55-49)38-20-10-11-23-45(38)59-46)48(43)56-51(57)35-18-12-17-33(27-35)41-30-37(53(4,5)6)28-34-19-14-26-54-47(34)41/h7-31,58H,1-6H3. The first-order chi connectivity index (χ1) is 28.4. The number of aromatic hydroxyl groups is 1. The predicted molar refractivity (Wildman–Crippen MR) is 242 cm³/mol. The highest BCUT2D eigenvalue weighted by Crippen LogP contribution is 2.43. The van der Waals surface area contributed by atoms with Gasteiger partial charge in [0.05, 0.1) is 22.2 Å². The number of imidazole rings is 1. The van der Waals surface area contributed by atoms with Crippen molar-refractivity contribution in [1.82, 2.24) is 19.5 Å². The Morgan fingerprint density at radius 2 is 1.25 bits per heavy atom. The zero-order valence-electron chi connectivity index (χ0n) is 34.1. The van der Waals surface area contributed by atoms with Crippen LogP contribution >= 0.6 is 0 Å². The van der Waals surface area contributed by atoms with E-state index in [9.17, 15) is 5.11 Å². The quantitative estimate of drug-likeness (QED) is 0.189. The fourth-order valence-electron chi connectivity index (χ4n) is 8.27. The van der Waals surface area contributed by atoms with Crippen LogP contribution in [0.3, 0.4) is 0 Å². The van der Waals surface area contributed by atoms with Crippen LogP contribution < -0.4 is 0 Å². The van der Waals surface area contributed by atoms with Gasteiger partial charge in [0.2, 0.25) is 0 Å². The topological polar surface area (TPSA) is 77.0 Å². The van der Waals surface area contributed by atoms with E-state index in [1.54, 1.807) is 6.07 Å². The minimum Gasteiger partial charge on any atom is -0.506 e. The third kappa shape index (κ3) is 6.23. The van der Waals surface area contributed by atoms with Crippen molar-refractivity contribution in [2.24, 2.45) is 0 Å². The van der Waals surface area contributed by atoms with Crippen LogP contribution in [-0.4, -0.2) is 24.6 Å². The molecule has 1 N–H and O–H groups in total. The van der Waals surface area contributed by atoms with Gasteiger partial charge in [-0.1, -0.05) is 126 Å². The average Bonchev–Trinajstić information content (AvgIpc) is 3.81. The first-order valence-corrected chi connectivity index (χ1v) is 20.2. The second-order valence-corrected chi connectivity index (χ2v) is 17.5. The lowest BCUT2D eigenvalue weighted by atomic mass is 9.84. The molecule has 6 heteroatoms. The Hall–Kier alpha value is -7.05. The van der Waals surface area contributed by atoms with E-state index in [1.807, 2.05) is 48.7 Å². The van der Waals surface area contributed by atoms with Gasteiger partial charge in [0.25, 0.3) is 0 Å². The Kier molecular flexibility index (Phi) is 8.32. The fourth-order valence-corrected chi connectivity index (χ4v) is 8.27. The number of hydrogen-bond donors (Lipinski definition) is 1. The zero-order chi connectivity index (χ0) is 40.6. The van der Waals surface area contributed by atoms with Gasteiger partial charge in [-0.05, 0) is 87.7 Å². The molecule has 6 nitrogen and oxygen atoms in total.